The molecule has 2 N–H and O–H groups in total. The molecule has 4 nitrogen and oxygen atoms in total. The van der Waals surface area contributed by atoms with Crippen molar-refractivity contribution < 1.29 is 0 Å². The fraction of sp³-hybridized carbons (Fsp3) is 0.385. The predicted octanol–water partition coefficient (Wildman–Crippen LogP) is 1.82. The number of pyridine rings is 1. The van der Waals surface area contributed by atoms with E-state index in [0.29, 0.717) is 12.1 Å². The quantitative estimate of drug-likeness (QED) is 0.780. The predicted molar refractivity (Wildman–Crippen MR) is 64.4 cm³/mol. The maximum atomic E-state index is 4.49. The van der Waals surface area contributed by atoms with Gasteiger partial charge in [0.15, 0.2) is 0 Å². The van der Waals surface area contributed by atoms with Gasteiger partial charge in [-0.15, -0.1) is 0 Å². The van der Waals surface area contributed by atoms with Crippen LogP contribution in [0.3, 0.4) is 0 Å². The summed E-state index contributed by atoms with van der Waals surface area (Å²) < 4.78 is 0. The smallest absolute Gasteiger partial charge is 0.0972 e. The number of H-pyrrole nitrogens is 1. The Labute approximate surface area is 99.5 Å². The second-order valence-electron chi connectivity index (χ2n) is 4.90. The van der Waals surface area contributed by atoms with E-state index in [2.05, 4.69) is 20.5 Å². The molecule has 0 spiro atoms. The van der Waals surface area contributed by atoms with Crippen molar-refractivity contribution in [2.75, 3.05) is 0 Å². The summed E-state index contributed by atoms with van der Waals surface area (Å²) in [6.07, 6.45) is 7.25. The van der Waals surface area contributed by atoms with E-state index in [9.17, 15) is 0 Å². The van der Waals surface area contributed by atoms with Crippen LogP contribution in [0.4, 0.5) is 0 Å². The molecule has 2 aromatic heterocycles. The van der Waals surface area contributed by atoms with Crippen LogP contribution in [0.2, 0.25) is 0 Å². The van der Waals surface area contributed by atoms with Crippen molar-refractivity contribution in [3.05, 3.63) is 35.8 Å². The molecule has 17 heavy (non-hydrogen) atoms. The lowest BCUT2D eigenvalue weighted by atomic mass is 9.97. The van der Waals surface area contributed by atoms with Crippen molar-refractivity contribution in [1.29, 1.82) is 0 Å². The molecular formula is C13H14N4. The van der Waals surface area contributed by atoms with Gasteiger partial charge >= 0.3 is 0 Å². The minimum absolute atomic E-state index is 0.491. The molecule has 1 saturated heterocycles. The molecule has 2 atom stereocenters. The van der Waals surface area contributed by atoms with Crippen LogP contribution in [0.5, 0.6) is 0 Å². The van der Waals surface area contributed by atoms with Crippen molar-refractivity contribution in [2.45, 2.75) is 31.3 Å². The van der Waals surface area contributed by atoms with Gasteiger partial charge < -0.3 is 5.32 Å². The van der Waals surface area contributed by atoms with Crippen molar-refractivity contribution in [2.24, 2.45) is 0 Å². The van der Waals surface area contributed by atoms with Crippen LogP contribution < -0.4 is 5.32 Å². The van der Waals surface area contributed by atoms with E-state index < -0.39 is 0 Å². The highest BCUT2D eigenvalue weighted by atomic mass is 15.2. The third-order valence-electron chi connectivity index (χ3n) is 3.88. The Kier molecular flexibility index (Phi) is 1.87. The zero-order valence-corrected chi connectivity index (χ0v) is 9.48. The highest BCUT2D eigenvalue weighted by Gasteiger charge is 2.35. The Balaban J connectivity index is 1.87. The van der Waals surface area contributed by atoms with E-state index >= 15 is 0 Å². The minimum Gasteiger partial charge on any atom is -0.307 e. The van der Waals surface area contributed by atoms with Crippen molar-refractivity contribution in [1.82, 2.24) is 20.5 Å². The first kappa shape index (κ1) is 9.36. The number of hydrogen-bond acceptors (Lipinski definition) is 3. The van der Waals surface area contributed by atoms with Gasteiger partial charge in [-0.25, -0.2) is 0 Å². The summed E-state index contributed by atoms with van der Waals surface area (Å²) in [5.74, 6) is 0. The molecule has 4 heterocycles. The number of rotatable bonds is 1. The summed E-state index contributed by atoms with van der Waals surface area (Å²) in [4.78, 5) is 4.06. The minimum atomic E-state index is 0.491. The summed E-state index contributed by atoms with van der Waals surface area (Å²) in [6.45, 7) is 0. The van der Waals surface area contributed by atoms with Crippen LogP contribution in [0.25, 0.3) is 11.3 Å². The van der Waals surface area contributed by atoms with E-state index in [4.69, 9.17) is 0 Å². The van der Waals surface area contributed by atoms with Crippen LogP contribution in [0, 0.1) is 0 Å². The first-order valence-electron chi connectivity index (χ1n) is 6.15. The lowest BCUT2D eigenvalue weighted by Crippen LogP contribution is -2.31. The molecule has 2 bridgehead atoms. The summed E-state index contributed by atoms with van der Waals surface area (Å²) in [5, 5.41) is 11.4. The Morgan fingerprint density at radius 2 is 2.06 bits per heavy atom. The third-order valence-corrected chi connectivity index (χ3v) is 3.88. The summed E-state index contributed by atoms with van der Waals surface area (Å²) in [6, 6.07) is 5.19. The lowest BCUT2D eigenvalue weighted by molar-refractivity contribution is 0.511. The maximum Gasteiger partial charge on any atom is 0.0972 e. The van der Waals surface area contributed by atoms with E-state index in [1.807, 2.05) is 24.5 Å². The number of nitrogens with one attached hydrogen (secondary N) is 2. The summed E-state index contributed by atoms with van der Waals surface area (Å²) in [5.41, 5.74) is 4.96. The molecule has 86 valence electrons. The van der Waals surface area contributed by atoms with Crippen LogP contribution in [-0.4, -0.2) is 21.2 Å². The molecule has 4 rings (SSSR count). The van der Waals surface area contributed by atoms with Gasteiger partial charge in [0, 0.05) is 47.7 Å². The third kappa shape index (κ3) is 1.34. The molecule has 0 aromatic carbocycles. The first-order chi connectivity index (χ1) is 8.42. The molecule has 0 saturated carbocycles. The van der Waals surface area contributed by atoms with Gasteiger partial charge in [0.1, 0.15) is 0 Å². The van der Waals surface area contributed by atoms with Gasteiger partial charge in [0.05, 0.1) is 5.69 Å². The van der Waals surface area contributed by atoms with Crippen molar-refractivity contribution >= 4 is 0 Å². The topological polar surface area (TPSA) is 53.6 Å². The molecule has 2 aliphatic heterocycles. The number of aromatic nitrogens is 3. The Morgan fingerprint density at radius 3 is 2.94 bits per heavy atom. The molecule has 2 aromatic rings. The number of nitrogens with zero attached hydrogens (tertiary/aromatic N) is 2. The van der Waals surface area contributed by atoms with E-state index in [1.54, 1.807) is 0 Å². The second-order valence-corrected chi connectivity index (χ2v) is 4.90. The first-order valence-corrected chi connectivity index (χ1v) is 6.15. The van der Waals surface area contributed by atoms with Gasteiger partial charge in [-0.05, 0) is 25.0 Å². The van der Waals surface area contributed by atoms with Crippen molar-refractivity contribution in [3.8, 4) is 11.3 Å². The highest BCUT2D eigenvalue weighted by molar-refractivity contribution is 5.65. The molecule has 4 heteroatoms. The summed E-state index contributed by atoms with van der Waals surface area (Å²) in [7, 11) is 0. The highest BCUT2D eigenvalue weighted by Crippen LogP contribution is 2.39. The SMILES string of the molecule is c1cc(-c2n[nH]c3c2[C@@H]2CC[C@H](C3)N2)ccn1. The Morgan fingerprint density at radius 1 is 1.18 bits per heavy atom. The second kappa shape index (κ2) is 3.40. The van der Waals surface area contributed by atoms with Crippen LogP contribution in [-0.2, 0) is 6.42 Å². The van der Waals surface area contributed by atoms with Crippen LogP contribution in [0.15, 0.2) is 24.5 Å². The number of hydrogen-bond donors (Lipinski definition) is 2. The Hall–Kier alpha value is -1.68. The Bertz CT molecular complexity index is 546. The van der Waals surface area contributed by atoms with E-state index in [0.717, 1.165) is 17.7 Å². The molecule has 0 amide bonds. The summed E-state index contributed by atoms with van der Waals surface area (Å²) >= 11 is 0. The number of aromatic amines is 1. The zero-order chi connectivity index (χ0) is 11.2. The zero-order valence-electron chi connectivity index (χ0n) is 9.48. The van der Waals surface area contributed by atoms with E-state index in [-0.39, 0.29) is 0 Å². The van der Waals surface area contributed by atoms with Crippen LogP contribution in [0.1, 0.15) is 30.1 Å². The van der Waals surface area contributed by atoms with Crippen molar-refractivity contribution in [3.63, 3.8) is 0 Å². The van der Waals surface area contributed by atoms with Crippen LogP contribution >= 0.6 is 0 Å². The maximum absolute atomic E-state index is 4.49. The molecule has 1 fully saturated rings. The van der Waals surface area contributed by atoms with Gasteiger partial charge in [-0.3, -0.25) is 10.1 Å². The lowest BCUT2D eigenvalue weighted by Gasteiger charge is -2.21. The van der Waals surface area contributed by atoms with Gasteiger partial charge in [0.25, 0.3) is 0 Å². The van der Waals surface area contributed by atoms with Gasteiger partial charge in [0.2, 0.25) is 0 Å². The standard InChI is InChI=1S/C13H14N4/c1-2-10-12-11(7-9(1)15-10)16-17-13(12)8-3-5-14-6-4-8/h3-6,9-10,15H,1-2,7H2,(H,16,17)/t9-,10+/m1/s1. The largest absolute Gasteiger partial charge is 0.307 e. The normalized spacial score (nSPS) is 25.9. The van der Waals surface area contributed by atoms with E-state index in [1.165, 1.54) is 24.1 Å². The molecule has 0 aliphatic carbocycles. The fourth-order valence-corrected chi connectivity index (χ4v) is 3.10. The molecular weight excluding hydrogens is 212 g/mol. The molecule has 2 aliphatic rings. The average molecular weight is 226 g/mol. The number of fused-ring (bicyclic) bond motifs is 4. The molecule has 0 unspecified atom stereocenters. The monoisotopic (exact) mass is 226 g/mol. The van der Waals surface area contributed by atoms with Gasteiger partial charge in [-0.2, -0.15) is 5.10 Å². The average Bonchev–Trinajstić information content (AvgIpc) is 2.96. The molecule has 0 radical (unpaired) electrons. The van der Waals surface area contributed by atoms with Gasteiger partial charge in [-0.1, -0.05) is 0 Å². The fourth-order valence-electron chi connectivity index (χ4n) is 3.10.